The van der Waals surface area contributed by atoms with E-state index in [2.05, 4.69) is 5.32 Å². The van der Waals surface area contributed by atoms with Gasteiger partial charge in [-0.25, -0.2) is 9.59 Å². The highest BCUT2D eigenvalue weighted by molar-refractivity contribution is 7.99. The first-order valence-electron chi connectivity index (χ1n) is 13.5. The molecule has 0 spiro atoms. The Labute approximate surface area is 239 Å². The number of amides is 3. The number of carboxylic acid groups (broad SMARTS) is 1. The number of nitrogens with one attached hydrogen (secondary N) is 1. The first-order valence-corrected chi connectivity index (χ1v) is 14.6. The topological polar surface area (TPSA) is 116 Å². The number of rotatable bonds is 7. The minimum absolute atomic E-state index is 0.162. The van der Waals surface area contributed by atoms with E-state index < -0.39 is 35.2 Å². The molecule has 9 nitrogen and oxygen atoms in total. The van der Waals surface area contributed by atoms with Gasteiger partial charge in [0.1, 0.15) is 17.7 Å². The Morgan fingerprint density at radius 2 is 1.62 bits per heavy atom. The van der Waals surface area contributed by atoms with Crippen molar-refractivity contribution in [3.05, 3.63) is 71.8 Å². The molecular weight excluding hydrogens is 530 g/mol. The summed E-state index contributed by atoms with van der Waals surface area (Å²) in [6.45, 7) is 5.98. The summed E-state index contributed by atoms with van der Waals surface area (Å²) in [7, 11) is 0. The average Bonchev–Trinajstić information content (AvgIpc) is 3.43. The van der Waals surface area contributed by atoms with Crippen LogP contribution in [0.2, 0.25) is 0 Å². The lowest BCUT2D eigenvalue weighted by Crippen LogP contribution is -2.58. The molecule has 40 heavy (non-hydrogen) atoms. The van der Waals surface area contributed by atoms with Crippen LogP contribution in [0.5, 0.6) is 0 Å². The zero-order valence-electron chi connectivity index (χ0n) is 23.2. The van der Waals surface area contributed by atoms with Crippen LogP contribution in [0.3, 0.4) is 0 Å². The molecule has 2 aromatic carbocycles. The maximum absolute atomic E-state index is 13.9. The van der Waals surface area contributed by atoms with Crippen LogP contribution in [0.4, 0.5) is 4.79 Å². The van der Waals surface area contributed by atoms with Gasteiger partial charge in [-0.15, -0.1) is 11.8 Å². The molecule has 0 saturated carbocycles. The Bertz CT molecular complexity index is 1210. The number of hydrogen-bond donors (Lipinski definition) is 2. The number of carbonyl (C=O) groups excluding carboxylic acids is 3. The van der Waals surface area contributed by atoms with Crippen LogP contribution in [-0.2, 0) is 31.0 Å². The second kappa shape index (κ2) is 12.3. The van der Waals surface area contributed by atoms with Gasteiger partial charge in [0.15, 0.2) is 0 Å². The first-order chi connectivity index (χ1) is 19.0. The Kier molecular flexibility index (Phi) is 9.08. The van der Waals surface area contributed by atoms with E-state index in [1.54, 1.807) is 25.7 Å². The highest BCUT2D eigenvalue weighted by atomic mass is 32.2. The van der Waals surface area contributed by atoms with Gasteiger partial charge >= 0.3 is 12.1 Å². The standard InChI is InChI=1S/C30H37N3O6S/c1-29(2,3)39-28(38)33-20-40-19-24(33)25(34)32-16-14-30(15-17-32,22-12-8-5-9-13-22)27(37)31-23(26(35)36)18-21-10-6-4-7-11-21/h4-13,23-24H,14-20H2,1-3H3,(H,31,37)(H,35,36)/t23-,24+/m0/s1. The molecule has 2 fully saturated rings. The molecule has 0 unspecified atom stereocenters. The molecule has 0 aliphatic carbocycles. The summed E-state index contributed by atoms with van der Waals surface area (Å²) in [5.41, 5.74) is -0.0545. The van der Waals surface area contributed by atoms with Crippen molar-refractivity contribution in [3.8, 4) is 0 Å². The molecule has 10 heteroatoms. The lowest BCUT2D eigenvalue weighted by atomic mass is 9.71. The Morgan fingerprint density at radius 1 is 1.02 bits per heavy atom. The molecule has 2 saturated heterocycles. The number of aliphatic carboxylic acids is 1. The molecule has 0 radical (unpaired) electrons. The van der Waals surface area contributed by atoms with E-state index in [0.29, 0.717) is 37.6 Å². The van der Waals surface area contributed by atoms with E-state index in [-0.39, 0.29) is 18.2 Å². The fraction of sp³-hybridized carbons (Fsp3) is 0.467. The Hall–Kier alpha value is -3.53. The number of thioether (sulfide) groups is 1. The minimum atomic E-state index is -1.10. The minimum Gasteiger partial charge on any atom is -0.480 e. The van der Waals surface area contributed by atoms with Crippen molar-refractivity contribution in [2.24, 2.45) is 0 Å². The van der Waals surface area contributed by atoms with E-state index >= 15 is 0 Å². The van der Waals surface area contributed by atoms with Gasteiger partial charge in [0.05, 0.1) is 11.3 Å². The Balaban J connectivity index is 1.50. The number of hydrogen-bond acceptors (Lipinski definition) is 6. The zero-order chi connectivity index (χ0) is 28.9. The van der Waals surface area contributed by atoms with Gasteiger partial charge in [-0.1, -0.05) is 60.7 Å². The van der Waals surface area contributed by atoms with Gasteiger partial charge in [-0.2, -0.15) is 0 Å². The van der Waals surface area contributed by atoms with Crippen molar-refractivity contribution >= 4 is 35.6 Å². The van der Waals surface area contributed by atoms with Crippen molar-refractivity contribution in [2.45, 2.75) is 63.1 Å². The molecule has 2 aliphatic heterocycles. The van der Waals surface area contributed by atoms with Crippen LogP contribution in [0.25, 0.3) is 0 Å². The van der Waals surface area contributed by atoms with Crippen LogP contribution in [0.1, 0.15) is 44.7 Å². The summed E-state index contributed by atoms with van der Waals surface area (Å²) in [6, 6.07) is 16.8. The summed E-state index contributed by atoms with van der Waals surface area (Å²) >= 11 is 1.51. The summed E-state index contributed by atoms with van der Waals surface area (Å²) < 4.78 is 5.51. The highest BCUT2D eigenvalue weighted by Gasteiger charge is 2.47. The van der Waals surface area contributed by atoms with Gasteiger partial charge in [0.2, 0.25) is 11.8 Å². The molecule has 2 atom stereocenters. The monoisotopic (exact) mass is 567 g/mol. The van der Waals surface area contributed by atoms with Gasteiger partial charge in [-0.3, -0.25) is 14.5 Å². The van der Waals surface area contributed by atoms with Gasteiger partial charge in [0.25, 0.3) is 0 Å². The van der Waals surface area contributed by atoms with E-state index in [4.69, 9.17) is 4.74 Å². The van der Waals surface area contributed by atoms with Gasteiger partial charge in [-0.05, 0) is 44.7 Å². The predicted molar refractivity (Wildman–Crippen MR) is 153 cm³/mol. The van der Waals surface area contributed by atoms with Crippen LogP contribution in [0, 0.1) is 0 Å². The van der Waals surface area contributed by atoms with Crippen LogP contribution in [-0.4, -0.2) is 81.2 Å². The second-order valence-corrected chi connectivity index (χ2v) is 12.3. The molecule has 2 heterocycles. The molecular formula is C30H37N3O6S. The molecule has 0 aromatic heterocycles. The smallest absolute Gasteiger partial charge is 0.411 e. The van der Waals surface area contributed by atoms with Crippen molar-refractivity contribution in [3.63, 3.8) is 0 Å². The van der Waals surface area contributed by atoms with E-state index in [9.17, 15) is 24.3 Å². The number of ether oxygens (including phenoxy) is 1. The van der Waals surface area contributed by atoms with Crippen LogP contribution >= 0.6 is 11.8 Å². The number of likely N-dealkylation sites (tertiary alicyclic amines) is 1. The van der Waals surface area contributed by atoms with Gasteiger partial charge < -0.3 is 20.1 Å². The zero-order valence-corrected chi connectivity index (χ0v) is 24.0. The largest absolute Gasteiger partial charge is 0.480 e. The average molecular weight is 568 g/mol. The number of piperidine rings is 1. The van der Waals surface area contributed by atoms with Crippen LogP contribution < -0.4 is 5.32 Å². The fourth-order valence-electron chi connectivity index (χ4n) is 5.22. The van der Waals surface area contributed by atoms with Crippen molar-refractivity contribution in [2.75, 3.05) is 24.7 Å². The first kappa shape index (κ1) is 29.5. The third-order valence-corrected chi connectivity index (χ3v) is 8.38. The maximum atomic E-state index is 13.9. The molecule has 2 N–H and O–H groups in total. The molecule has 4 rings (SSSR count). The van der Waals surface area contributed by atoms with Crippen molar-refractivity contribution < 1.29 is 29.0 Å². The van der Waals surface area contributed by atoms with E-state index in [1.165, 1.54) is 16.7 Å². The summed E-state index contributed by atoms with van der Waals surface area (Å²) in [5.74, 6) is -0.757. The quantitative estimate of drug-likeness (QED) is 0.525. The molecule has 3 amide bonds. The summed E-state index contributed by atoms with van der Waals surface area (Å²) in [4.78, 5) is 55.5. The summed E-state index contributed by atoms with van der Waals surface area (Å²) in [5, 5.41) is 12.7. The lowest BCUT2D eigenvalue weighted by Gasteiger charge is -2.42. The molecule has 2 aliphatic rings. The Morgan fingerprint density at radius 3 is 2.20 bits per heavy atom. The highest BCUT2D eigenvalue weighted by Crippen LogP contribution is 2.37. The number of nitrogens with zero attached hydrogens (tertiary/aromatic N) is 2. The summed E-state index contributed by atoms with van der Waals surface area (Å²) in [6.07, 6.45) is 0.318. The van der Waals surface area contributed by atoms with E-state index in [0.717, 1.165) is 11.1 Å². The third kappa shape index (κ3) is 6.78. The normalized spacial score (nSPS) is 19.5. The molecule has 214 valence electrons. The van der Waals surface area contributed by atoms with Crippen LogP contribution in [0.15, 0.2) is 60.7 Å². The molecule has 0 bridgehead atoms. The lowest BCUT2D eigenvalue weighted by molar-refractivity contribution is -0.144. The van der Waals surface area contributed by atoms with E-state index in [1.807, 2.05) is 60.7 Å². The van der Waals surface area contributed by atoms with Crippen molar-refractivity contribution in [1.82, 2.24) is 15.1 Å². The van der Waals surface area contributed by atoms with Crippen molar-refractivity contribution in [1.29, 1.82) is 0 Å². The number of carboxylic acids is 1. The van der Waals surface area contributed by atoms with Gasteiger partial charge in [0, 0.05) is 25.3 Å². The molecule has 2 aromatic rings. The second-order valence-electron chi connectivity index (χ2n) is 11.3. The SMILES string of the molecule is CC(C)(C)OC(=O)N1CSC[C@@H]1C(=O)N1CCC(C(=O)N[C@@H](Cc2ccccc2)C(=O)O)(c2ccccc2)CC1. The number of carbonyl (C=O) groups is 4. The maximum Gasteiger partial charge on any atom is 0.411 e. The third-order valence-electron chi connectivity index (χ3n) is 7.37. The fourth-order valence-corrected chi connectivity index (χ4v) is 6.35. The number of benzene rings is 2. The predicted octanol–water partition coefficient (Wildman–Crippen LogP) is 3.67.